The van der Waals surface area contributed by atoms with Crippen molar-refractivity contribution in [3.8, 4) is 5.75 Å². The summed E-state index contributed by atoms with van der Waals surface area (Å²) in [6.07, 6.45) is 3.91. The number of hydrogen-bond donors (Lipinski definition) is 4. The van der Waals surface area contributed by atoms with Crippen LogP contribution in [0.4, 0.5) is 0 Å². The van der Waals surface area contributed by atoms with Gasteiger partial charge in [0.25, 0.3) is 0 Å². The van der Waals surface area contributed by atoms with Gasteiger partial charge in [-0.25, -0.2) is 26.5 Å². The number of nitrogens with one attached hydrogen (secondary N) is 3. The molecule has 2 aliphatic rings. The number of aromatic nitrogens is 2. The first-order chi connectivity index (χ1) is 19.0. The average molecular weight is 614 g/mol. The van der Waals surface area contributed by atoms with Gasteiger partial charge in [-0.05, 0) is 44.5 Å². The van der Waals surface area contributed by atoms with Crippen molar-refractivity contribution in [2.24, 2.45) is 0 Å². The molecule has 2 fully saturated rings. The summed E-state index contributed by atoms with van der Waals surface area (Å²) in [6, 6.07) is 7.61. The highest BCUT2D eigenvalue weighted by Gasteiger charge is 2.44. The van der Waals surface area contributed by atoms with Gasteiger partial charge in [-0.1, -0.05) is 17.7 Å². The number of aromatic amines is 1. The largest absolute Gasteiger partial charge is 0.491 e. The van der Waals surface area contributed by atoms with E-state index in [1.807, 2.05) is 0 Å². The highest BCUT2D eigenvalue weighted by Crippen LogP contribution is 2.37. The third kappa shape index (κ3) is 6.14. The predicted molar refractivity (Wildman–Crippen MR) is 148 cm³/mol. The average Bonchev–Trinajstić information content (AvgIpc) is 3.53. The number of piperidine rings is 1. The normalized spacial score (nSPS) is 20.7. The van der Waals surface area contributed by atoms with Crippen LogP contribution >= 0.6 is 11.6 Å². The molecule has 0 aliphatic carbocycles. The first kappa shape index (κ1) is 29.2. The first-order valence-corrected chi connectivity index (χ1v) is 16.2. The molecular weight excluding hydrogens is 582 g/mol. The van der Waals surface area contributed by atoms with E-state index in [0.717, 1.165) is 0 Å². The van der Waals surface area contributed by atoms with Crippen molar-refractivity contribution in [3.63, 3.8) is 0 Å². The molecule has 2 aromatic heterocycles. The third-order valence-electron chi connectivity index (χ3n) is 7.41. The Morgan fingerprint density at radius 3 is 2.77 bits per heavy atom. The molecule has 1 spiro atoms. The minimum Gasteiger partial charge on any atom is -0.491 e. The number of fused-ring (bicyclic) bond motifs is 1. The van der Waals surface area contributed by atoms with Crippen LogP contribution in [0.5, 0.6) is 5.75 Å². The molecule has 12 nitrogen and oxygen atoms in total. The van der Waals surface area contributed by atoms with Gasteiger partial charge in [0.2, 0.25) is 20.0 Å². The van der Waals surface area contributed by atoms with E-state index < -0.39 is 31.8 Å². The molecule has 1 aromatic carbocycles. The van der Waals surface area contributed by atoms with Gasteiger partial charge in [0.15, 0.2) is 0 Å². The van der Waals surface area contributed by atoms with E-state index in [1.165, 1.54) is 29.7 Å². The van der Waals surface area contributed by atoms with Crippen molar-refractivity contribution >= 4 is 42.7 Å². The van der Waals surface area contributed by atoms with Gasteiger partial charge in [0.1, 0.15) is 29.0 Å². The number of hydrogen-bond acceptors (Lipinski definition) is 9. The molecule has 5 rings (SSSR count). The van der Waals surface area contributed by atoms with E-state index in [9.17, 15) is 21.9 Å². The van der Waals surface area contributed by atoms with Crippen LogP contribution < -0.4 is 14.8 Å². The fourth-order valence-electron chi connectivity index (χ4n) is 5.10. The van der Waals surface area contributed by atoms with E-state index in [-0.39, 0.29) is 29.0 Å². The van der Waals surface area contributed by atoms with Crippen LogP contribution in [0.2, 0.25) is 5.02 Å². The quantitative estimate of drug-likeness (QED) is 0.265. The summed E-state index contributed by atoms with van der Waals surface area (Å²) in [5.41, 5.74) is 0.113. The summed E-state index contributed by atoms with van der Waals surface area (Å²) in [5, 5.41) is 14.7. The predicted octanol–water partition coefficient (Wildman–Crippen LogP) is 1.47. The van der Waals surface area contributed by atoms with Gasteiger partial charge in [-0.3, -0.25) is 0 Å². The lowest BCUT2D eigenvalue weighted by Crippen LogP contribution is -2.47. The van der Waals surface area contributed by atoms with E-state index in [0.29, 0.717) is 60.8 Å². The molecule has 40 heavy (non-hydrogen) atoms. The van der Waals surface area contributed by atoms with Gasteiger partial charge < -0.3 is 24.9 Å². The minimum absolute atomic E-state index is 0.00393. The summed E-state index contributed by atoms with van der Waals surface area (Å²) in [5.74, 6) is 0.340. The molecule has 4 N–H and O–H groups in total. The maximum absolute atomic E-state index is 13.3. The van der Waals surface area contributed by atoms with Crippen molar-refractivity contribution < 1.29 is 31.4 Å². The van der Waals surface area contributed by atoms with Gasteiger partial charge in [0.05, 0.1) is 22.1 Å². The number of sulfonamides is 2. The molecule has 218 valence electrons. The van der Waals surface area contributed by atoms with Crippen molar-refractivity contribution in [2.45, 2.75) is 46.8 Å². The standard InChI is InChI=1S/C25H32ClN5O7S2/c1-27-39(33,34)20-4-2-3-19(9-20)37-16-18(32)12-28-17-11-25(38-15-17)5-7-31(8-6-25)40(35,36)21-10-22-23(26)14-30-24(22)29-13-21/h2-4,9-10,13-14,17-18,27-28,32H,5-8,11-12,15-16H2,1H3,(H,29,30). The second-order valence-electron chi connectivity index (χ2n) is 10.1. The summed E-state index contributed by atoms with van der Waals surface area (Å²) in [4.78, 5) is 7.28. The number of aliphatic hydroxyl groups excluding tert-OH is 1. The first-order valence-electron chi connectivity index (χ1n) is 12.9. The number of nitrogens with zero attached hydrogens (tertiary/aromatic N) is 2. The monoisotopic (exact) mass is 613 g/mol. The summed E-state index contributed by atoms with van der Waals surface area (Å²) in [6.45, 7) is 1.35. The number of rotatable bonds is 10. The molecule has 2 unspecified atom stereocenters. The number of halogens is 1. The Kier molecular flexibility index (Phi) is 8.42. The summed E-state index contributed by atoms with van der Waals surface area (Å²) < 4.78 is 65.9. The second kappa shape index (κ2) is 11.5. The topological polar surface area (TPSA) is 163 Å². The molecule has 2 aliphatic heterocycles. The third-order valence-corrected chi connectivity index (χ3v) is 11.0. The number of benzene rings is 1. The summed E-state index contributed by atoms with van der Waals surface area (Å²) in [7, 11) is -5.99. The SMILES string of the molecule is CNS(=O)(=O)c1cccc(OCC(O)CNC2COC3(CCN(S(=O)(=O)c4cnc5[nH]cc(Cl)c5c4)CC3)C2)c1. The van der Waals surface area contributed by atoms with E-state index >= 15 is 0 Å². The number of H-pyrrole nitrogens is 1. The van der Waals surface area contributed by atoms with E-state index in [1.54, 1.807) is 24.4 Å². The number of aliphatic hydroxyl groups is 1. The molecular formula is C25H32ClN5O7S2. The zero-order valence-electron chi connectivity index (χ0n) is 21.8. The Morgan fingerprint density at radius 1 is 1.25 bits per heavy atom. The lowest BCUT2D eigenvalue weighted by atomic mass is 9.88. The van der Waals surface area contributed by atoms with Crippen LogP contribution in [-0.2, 0) is 24.8 Å². The van der Waals surface area contributed by atoms with Crippen LogP contribution in [0.15, 0.2) is 52.5 Å². The summed E-state index contributed by atoms with van der Waals surface area (Å²) >= 11 is 6.15. The Hall–Kier alpha value is -2.30. The fraction of sp³-hybridized carbons (Fsp3) is 0.480. The molecule has 0 saturated carbocycles. The molecule has 4 heterocycles. The van der Waals surface area contributed by atoms with Gasteiger partial charge >= 0.3 is 0 Å². The molecule has 0 bridgehead atoms. The van der Waals surface area contributed by atoms with Crippen LogP contribution in [0, 0.1) is 0 Å². The highest BCUT2D eigenvalue weighted by atomic mass is 35.5. The highest BCUT2D eigenvalue weighted by molar-refractivity contribution is 7.89. The molecule has 0 radical (unpaired) electrons. The zero-order valence-corrected chi connectivity index (χ0v) is 24.2. The van der Waals surface area contributed by atoms with Gasteiger partial charge in [-0.2, -0.15) is 4.31 Å². The van der Waals surface area contributed by atoms with E-state index in [2.05, 4.69) is 20.0 Å². The van der Waals surface area contributed by atoms with Crippen molar-refractivity contribution in [2.75, 3.05) is 39.9 Å². The van der Waals surface area contributed by atoms with Crippen LogP contribution in [0.1, 0.15) is 19.3 Å². The lowest BCUT2D eigenvalue weighted by Gasteiger charge is -2.38. The minimum atomic E-state index is -3.73. The van der Waals surface area contributed by atoms with Gasteiger partial charge in [-0.15, -0.1) is 0 Å². The van der Waals surface area contributed by atoms with Crippen LogP contribution in [0.3, 0.4) is 0 Å². The molecule has 2 atom stereocenters. The maximum atomic E-state index is 13.3. The number of pyridine rings is 1. The maximum Gasteiger partial charge on any atom is 0.244 e. The van der Waals surface area contributed by atoms with Crippen molar-refractivity contribution in [1.29, 1.82) is 0 Å². The Balaban J connectivity index is 1.09. The molecule has 2 saturated heterocycles. The molecule has 3 aromatic rings. The smallest absolute Gasteiger partial charge is 0.244 e. The Morgan fingerprint density at radius 2 is 2.02 bits per heavy atom. The van der Waals surface area contributed by atoms with Crippen molar-refractivity contribution in [1.82, 2.24) is 24.3 Å². The number of ether oxygens (including phenoxy) is 2. The van der Waals surface area contributed by atoms with Gasteiger partial charge in [0, 0.05) is 49.5 Å². The lowest BCUT2D eigenvalue weighted by molar-refractivity contribution is -0.0312. The van der Waals surface area contributed by atoms with Crippen LogP contribution in [-0.4, -0.2) is 93.9 Å². The Bertz CT molecular complexity index is 1570. The van der Waals surface area contributed by atoms with E-state index in [4.69, 9.17) is 21.1 Å². The molecule has 0 amide bonds. The second-order valence-corrected chi connectivity index (χ2v) is 14.3. The van der Waals surface area contributed by atoms with Crippen molar-refractivity contribution in [3.05, 3.63) is 47.7 Å². The molecule has 15 heteroatoms. The zero-order chi connectivity index (χ0) is 28.5. The Labute approximate surface area is 238 Å². The van der Waals surface area contributed by atoms with Crippen LogP contribution in [0.25, 0.3) is 11.0 Å². The fourth-order valence-corrected chi connectivity index (χ4v) is 7.48.